The molecule has 5 heteroatoms. The molecular formula is C14H15N3OS. The van der Waals surface area contributed by atoms with E-state index in [0.717, 1.165) is 10.6 Å². The van der Waals surface area contributed by atoms with Crippen molar-refractivity contribution < 1.29 is 4.79 Å². The molecule has 0 aliphatic carbocycles. The minimum Gasteiger partial charge on any atom is -0.399 e. The summed E-state index contributed by atoms with van der Waals surface area (Å²) < 4.78 is 0. The summed E-state index contributed by atoms with van der Waals surface area (Å²) in [5.41, 5.74) is 7.71. The Labute approximate surface area is 116 Å². The van der Waals surface area contributed by atoms with Crippen molar-refractivity contribution in [3.63, 3.8) is 0 Å². The summed E-state index contributed by atoms with van der Waals surface area (Å²) in [7, 11) is 0. The zero-order valence-corrected chi connectivity index (χ0v) is 11.3. The van der Waals surface area contributed by atoms with Crippen molar-refractivity contribution in [2.75, 3.05) is 22.6 Å². The highest BCUT2D eigenvalue weighted by atomic mass is 32.2. The molecule has 2 aromatic carbocycles. The summed E-state index contributed by atoms with van der Waals surface area (Å²) in [6.45, 7) is 0. The van der Waals surface area contributed by atoms with Crippen molar-refractivity contribution >= 4 is 34.9 Å². The summed E-state index contributed by atoms with van der Waals surface area (Å²) in [5, 5.41) is 5.53. The van der Waals surface area contributed by atoms with Crippen molar-refractivity contribution in [1.82, 2.24) is 0 Å². The third-order valence-electron chi connectivity index (χ3n) is 2.50. The molecule has 0 aliphatic rings. The molecule has 0 atom stereocenters. The second-order valence-corrected chi connectivity index (χ2v) is 4.81. The van der Waals surface area contributed by atoms with Gasteiger partial charge in [0, 0.05) is 22.0 Å². The number of benzene rings is 2. The van der Waals surface area contributed by atoms with E-state index in [9.17, 15) is 4.79 Å². The highest BCUT2D eigenvalue weighted by Crippen LogP contribution is 2.19. The zero-order valence-electron chi connectivity index (χ0n) is 10.5. The van der Waals surface area contributed by atoms with E-state index in [1.807, 2.05) is 30.5 Å². The fraction of sp³-hybridized carbons (Fsp3) is 0.0714. The van der Waals surface area contributed by atoms with Gasteiger partial charge in [-0.2, -0.15) is 0 Å². The molecule has 0 spiro atoms. The Kier molecular flexibility index (Phi) is 4.30. The number of hydrogen-bond acceptors (Lipinski definition) is 3. The van der Waals surface area contributed by atoms with Gasteiger partial charge in [-0.3, -0.25) is 0 Å². The van der Waals surface area contributed by atoms with Crippen LogP contribution in [0.25, 0.3) is 0 Å². The lowest BCUT2D eigenvalue weighted by molar-refractivity contribution is 0.262. The topological polar surface area (TPSA) is 67.2 Å². The van der Waals surface area contributed by atoms with Crippen molar-refractivity contribution in [2.24, 2.45) is 0 Å². The second kappa shape index (κ2) is 6.15. The van der Waals surface area contributed by atoms with Gasteiger partial charge in [-0.15, -0.1) is 11.8 Å². The standard InChI is InChI=1S/C14H15N3OS/c1-19-13-4-2-3-12(9-13)17-14(18)16-11-7-5-10(15)6-8-11/h2-9H,15H2,1H3,(H2,16,17,18). The monoisotopic (exact) mass is 273 g/mol. The van der Waals surface area contributed by atoms with Gasteiger partial charge in [-0.25, -0.2) is 4.79 Å². The number of hydrogen-bond donors (Lipinski definition) is 3. The normalized spacial score (nSPS) is 9.95. The number of nitrogen functional groups attached to an aromatic ring is 1. The lowest BCUT2D eigenvalue weighted by atomic mass is 10.3. The van der Waals surface area contributed by atoms with E-state index in [0.29, 0.717) is 11.4 Å². The SMILES string of the molecule is CSc1cccc(NC(=O)Nc2ccc(N)cc2)c1. The first-order valence-corrected chi connectivity index (χ1v) is 6.97. The Morgan fingerprint density at radius 1 is 1.05 bits per heavy atom. The van der Waals surface area contributed by atoms with Crippen molar-refractivity contribution in [3.8, 4) is 0 Å². The van der Waals surface area contributed by atoms with Crippen LogP contribution in [0.2, 0.25) is 0 Å². The van der Waals surface area contributed by atoms with Gasteiger partial charge >= 0.3 is 6.03 Å². The van der Waals surface area contributed by atoms with Crippen LogP contribution < -0.4 is 16.4 Å². The quantitative estimate of drug-likeness (QED) is 0.591. The summed E-state index contributed by atoms with van der Waals surface area (Å²) in [4.78, 5) is 12.9. The van der Waals surface area contributed by atoms with E-state index < -0.39 is 0 Å². The molecule has 0 fully saturated rings. The average Bonchev–Trinajstić information content (AvgIpc) is 2.41. The number of rotatable bonds is 3. The molecule has 0 saturated carbocycles. The summed E-state index contributed by atoms with van der Waals surface area (Å²) in [6, 6.07) is 14.4. The molecule has 98 valence electrons. The lowest BCUT2D eigenvalue weighted by Crippen LogP contribution is -2.19. The lowest BCUT2D eigenvalue weighted by Gasteiger charge is -2.08. The number of urea groups is 1. The minimum absolute atomic E-state index is 0.275. The number of carbonyl (C=O) groups is 1. The highest BCUT2D eigenvalue weighted by Gasteiger charge is 2.03. The maximum Gasteiger partial charge on any atom is 0.323 e. The Morgan fingerprint density at radius 3 is 2.42 bits per heavy atom. The molecule has 0 unspecified atom stereocenters. The van der Waals surface area contributed by atoms with Crippen molar-refractivity contribution in [2.45, 2.75) is 4.90 Å². The van der Waals surface area contributed by atoms with Crippen LogP contribution in [-0.4, -0.2) is 12.3 Å². The van der Waals surface area contributed by atoms with Gasteiger partial charge in [0.2, 0.25) is 0 Å². The van der Waals surface area contributed by atoms with Gasteiger partial charge in [-0.1, -0.05) is 6.07 Å². The maximum atomic E-state index is 11.8. The van der Waals surface area contributed by atoms with Crippen LogP contribution in [0.1, 0.15) is 0 Å². The predicted octanol–water partition coefficient (Wildman–Crippen LogP) is 3.63. The van der Waals surface area contributed by atoms with E-state index in [-0.39, 0.29) is 6.03 Å². The van der Waals surface area contributed by atoms with Crippen LogP contribution in [0.4, 0.5) is 21.9 Å². The van der Waals surface area contributed by atoms with Gasteiger partial charge in [0.05, 0.1) is 0 Å². The third-order valence-corrected chi connectivity index (χ3v) is 3.22. The van der Waals surface area contributed by atoms with Crippen LogP contribution >= 0.6 is 11.8 Å². The highest BCUT2D eigenvalue weighted by molar-refractivity contribution is 7.98. The first-order valence-electron chi connectivity index (χ1n) is 5.75. The largest absolute Gasteiger partial charge is 0.399 e. The number of amides is 2. The molecule has 0 radical (unpaired) electrons. The Balaban J connectivity index is 1.99. The van der Waals surface area contributed by atoms with Gasteiger partial charge in [0.15, 0.2) is 0 Å². The molecule has 2 rings (SSSR count). The number of anilines is 3. The van der Waals surface area contributed by atoms with Gasteiger partial charge in [0.25, 0.3) is 0 Å². The first-order chi connectivity index (χ1) is 9.17. The van der Waals surface area contributed by atoms with Crippen LogP contribution in [0.3, 0.4) is 0 Å². The van der Waals surface area contributed by atoms with Gasteiger partial charge < -0.3 is 16.4 Å². The van der Waals surface area contributed by atoms with Crippen molar-refractivity contribution in [3.05, 3.63) is 48.5 Å². The minimum atomic E-state index is -0.275. The van der Waals surface area contributed by atoms with E-state index in [1.54, 1.807) is 36.0 Å². The fourth-order valence-electron chi connectivity index (χ4n) is 1.56. The number of carbonyl (C=O) groups excluding carboxylic acids is 1. The summed E-state index contributed by atoms with van der Waals surface area (Å²) in [5.74, 6) is 0. The molecule has 0 bridgehead atoms. The Hall–Kier alpha value is -2.14. The van der Waals surface area contributed by atoms with E-state index in [2.05, 4.69) is 10.6 Å². The Morgan fingerprint density at radius 2 is 1.74 bits per heavy atom. The van der Waals surface area contributed by atoms with Crippen LogP contribution in [-0.2, 0) is 0 Å². The maximum absolute atomic E-state index is 11.8. The number of nitrogens with one attached hydrogen (secondary N) is 2. The van der Waals surface area contributed by atoms with Crippen LogP contribution in [0, 0.1) is 0 Å². The van der Waals surface area contributed by atoms with E-state index in [4.69, 9.17) is 5.73 Å². The molecule has 0 aliphatic heterocycles. The number of thioether (sulfide) groups is 1. The average molecular weight is 273 g/mol. The van der Waals surface area contributed by atoms with Crippen LogP contribution in [0.5, 0.6) is 0 Å². The second-order valence-electron chi connectivity index (χ2n) is 3.93. The summed E-state index contributed by atoms with van der Waals surface area (Å²) >= 11 is 1.63. The molecule has 0 saturated heterocycles. The molecule has 0 heterocycles. The molecule has 0 aromatic heterocycles. The molecule has 19 heavy (non-hydrogen) atoms. The first kappa shape index (κ1) is 13.3. The van der Waals surface area contributed by atoms with E-state index in [1.165, 1.54) is 0 Å². The van der Waals surface area contributed by atoms with Gasteiger partial charge in [-0.05, 0) is 48.7 Å². The fourth-order valence-corrected chi connectivity index (χ4v) is 2.02. The summed E-state index contributed by atoms with van der Waals surface area (Å²) in [6.07, 6.45) is 1.99. The molecule has 4 N–H and O–H groups in total. The molecule has 2 aromatic rings. The van der Waals surface area contributed by atoms with Crippen LogP contribution in [0.15, 0.2) is 53.4 Å². The predicted molar refractivity (Wildman–Crippen MR) is 81.7 cm³/mol. The van der Waals surface area contributed by atoms with Gasteiger partial charge in [0.1, 0.15) is 0 Å². The smallest absolute Gasteiger partial charge is 0.323 e. The Bertz CT molecular complexity index is 569. The zero-order chi connectivity index (χ0) is 13.7. The molecule has 2 amide bonds. The third kappa shape index (κ3) is 3.93. The molecular weight excluding hydrogens is 258 g/mol. The number of nitrogens with two attached hydrogens (primary N) is 1. The molecule has 4 nitrogen and oxygen atoms in total. The van der Waals surface area contributed by atoms with Crippen molar-refractivity contribution in [1.29, 1.82) is 0 Å². The van der Waals surface area contributed by atoms with E-state index >= 15 is 0 Å².